The van der Waals surface area contributed by atoms with Crippen LogP contribution >= 0.6 is 11.6 Å². The summed E-state index contributed by atoms with van der Waals surface area (Å²) in [6.45, 7) is 0. The Morgan fingerprint density at radius 2 is 1.71 bits per heavy atom. The van der Waals surface area contributed by atoms with Crippen LogP contribution in [0.4, 0.5) is 0 Å². The summed E-state index contributed by atoms with van der Waals surface area (Å²) in [6.07, 6.45) is 0. The Hall–Kier alpha value is -1.80. The van der Waals surface area contributed by atoms with Crippen molar-refractivity contribution in [3.8, 4) is 16.9 Å². The summed E-state index contributed by atoms with van der Waals surface area (Å²) in [5.74, 6) is 0.783. The monoisotopic (exact) mass is 246 g/mol. The SMILES string of the molecule is COc1cccc(-c2cccc(C(=O)Cl)c2)c1. The normalized spacial score (nSPS) is 10.0. The van der Waals surface area contributed by atoms with Crippen LogP contribution in [0.3, 0.4) is 0 Å². The number of halogens is 1. The summed E-state index contributed by atoms with van der Waals surface area (Å²) in [5, 5.41) is -0.449. The summed E-state index contributed by atoms with van der Waals surface area (Å²) in [4.78, 5) is 11.1. The second kappa shape index (κ2) is 5.02. The maximum atomic E-state index is 11.1. The van der Waals surface area contributed by atoms with Crippen LogP contribution in [0, 0.1) is 0 Å². The molecule has 0 spiro atoms. The zero-order chi connectivity index (χ0) is 12.3. The smallest absolute Gasteiger partial charge is 0.252 e. The van der Waals surface area contributed by atoms with Crippen molar-refractivity contribution in [2.75, 3.05) is 7.11 Å². The van der Waals surface area contributed by atoms with Gasteiger partial charge in [0.25, 0.3) is 5.24 Å². The van der Waals surface area contributed by atoms with Gasteiger partial charge in [0, 0.05) is 5.56 Å². The fourth-order valence-corrected chi connectivity index (χ4v) is 1.74. The van der Waals surface area contributed by atoms with E-state index in [1.807, 2.05) is 36.4 Å². The van der Waals surface area contributed by atoms with Gasteiger partial charge in [-0.25, -0.2) is 0 Å². The van der Waals surface area contributed by atoms with E-state index in [2.05, 4.69) is 0 Å². The molecule has 0 amide bonds. The third-order valence-electron chi connectivity index (χ3n) is 2.49. The van der Waals surface area contributed by atoms with E-state index in [1.165, 1.54) is 0 Å². The Labute approximate surface area is 105 Å². The van der Waals surface area contributed by atoms with Gasteiger partial charge in [0.05, 0.1) is 7.11 Å². The van der Waals surface area contributed by atoms with Crippen LogP contribution < -0.4 is 4.74 Å². The molecule has 0 atom stereocenters. The number of rotatable bonds is 3. The van der Waals surface area contributed by atoms with E-state index in [1.54, 1.807) is 19.2 Å². The highest BCUT2D eigenvalue weighted by Gasteiger charge is 2.04. The molecule has 0 bridgehead atoms. The van der Waals surface area contributed by atoms with Gasteiger partial charge in [0.2, 0.25) is 0 Å². The number of carbonyl (C=O) groups excluding carboxylic acids is 1. The quantitative estimate of drug-likeness (QED) is 0.771. The molecule has 0 heterocycles. The summed E-state index contributed by atoms with van der Waals surface area (Å²) >= 11 is 5.46. The molecule has 86 valence electrons. The van der Waals surface area contributed by atoms with Crippen LogP contribution in [-0.2, 0) is 0 Å². The van der Waals surface area contributed by atoms with Gasteiger partial charge >= 0.3 is 0 Å². The highest BCUT2D eigenvalue weighted by molar-refractivity contribution is 6.67. The average molecular weight is 247 g/mol. The molecule has 2 rings (SSSR count). The van der Waals surface area contributed by atoms with Crippen molar-refractivity contribution in [1.82, 2.24) is 0 Å². The highest BCUT2D eigenvalue weighted by Crippen LogP contribution is 2.24. The molecule has 2 aromatic carbocycles. The van der Waals surface area contributed by atoms with Crippen LogP contribution in [0.1, 0.15) is 10.4 Å². The van der Waals surface area contributed by atoms with Crippen LogP contribution in [0.15, 0.2) is 48.5 Å². The second-order valence-electron chi connectivity index (χ2n) is 3.59. The molecule has 0 N–H and O–H groups in total. The minimum Gasteiger partial charge on any atom is -0.497 e. The van der Waals surface area contributed by atoms with Gasteiger partial charge in [-0.15, -0.1) is 0 Å². The zero-order valence-electron chi connectivity index (χ0n) is 9.31. The van der Waals surface area contributed by atoms with E-state index in [0.29, 0.717) is 5.56 Å². The van der Waals surface area contributed by atoms with Crippen molar-refractivity contribution in [1.29, 1.82) is 0 Å². The van der Waals surface area contributed by atoms with Gasteiger partial charge in [-0.3, -0.25) is 4.79 Å². The molecule has 0 aliphatic carbocycles. The van der Waals surface area contributed by atoms with E-state index in [-0.39, 0.29) is 0 Å². The van der Waals surface area contributed by atoms with E-state index >= 15 is 0 Å². The first kappa shape index (κ1) is 11.7. The summed E-state index contributed by atoms with van der Waals surface area (Å²) < 4.78 is 5.16. The van der Waals surface area contributed by atoms with E-state index < -0.39 is 5.24 Å². The van der Waals surface area contributed by atoms with Crippen molar-refractivity contribution in [3.05, 3.63) is 54.1 Å². The third kappa shape index (κ3) is 2.66. The van der Waals surface area contributed by atoms with Crippen molar-refractivity contribution in [2.24, 2.45) is 0 Å². The second-order valence-corrected chi connectivity index (χ2v) is 3.93. The van der Waals surface area contributed by atoms with Gasteiger partial charge in [0.15, 0.2) is 0 Å². The number of methoxy groups -OCH3 is 1. The number of ether oxygens (including phenoxy) is 1. The predicted molar refractivity (Wildman–Crippen MR) is 68.6 cm³/mol. The number of hydrogen-bond donors (Lipinski definition) is 0. The summed E-state index contributed by atoms with van der Waals surface area (Å²) in [7, 11) is 1.62. The molecular weight excluding hydrogens is 236 g/mol. The minimum atomic E-state index is -0.449. The molecule has 0 unspecified atom stereocenters. The largest absolute Gasteiger partial charge is 0.497 e. The first-order chi connectivity index (χ1) is 8.20. The third-order valence-corrected chi connectivity index (χ3v) is 2.71. The van der Waals surface area contributed by atoms with Crippen LogP contribution in [0.5, 0.6) is 5.75 Å². The average Bonchev–Trinajstić information content (AvgIpc) is 2.39. The van der Waals surface area contributed by atoms with Crippen molar-refractivity contribution < 1.29 is 9.53 Å². The molecular formula is C14H11ClO2. The first-order valence-corrected chi connectivity index (χ1v) is 5.53. The van der Waals surface area contributed by atoms with Gasteiger partial charge in [-0.05, 0) is 40.9 Å². The van der Waals surface area contributed by atoms with Gasteiger partial charge in [0.1, 0.15) is 5.75 Å². The van der Waals surface area contributed by atoms with E-state index in [0.717, 1.165) is 16.9 Å². The fourth-order valence-electron chi connectivity index (χ4n) is 1.62. The lowest BCUT2D eigenvalue weighted by Crippen LogP contribution is -1.89. The molecule has 0 radical (unpaired) electrons. The van der Waals surface area contributed by atoms with Crippen molar-refractivity contribution in [3.63, 3.8) is 0 Å². The topological polar surface area (TPSA) is 26.3 Å². The van der Waals surface area contributed by atoms with Gasteiger partial charge in [-0.1, -0.05) is 30.3 Å². The fraction of sp³-hybridized carbons (Fsp3) is 0.0714. The maximum Gasteiger partial charge on any atom is 0.252 e. The number of carbonyl (C=O) groups is 1. The Bertz CT molecular complexity index is 549. The van der Waals surface area contributed by atoms with Crippen LogP contribution in [0.2, 0.25) is 0 Å². The molecule has 2 nitrogen and oxygen atoms in total. The standard InChI is InChI=1S/C14H11ClO2/c1-17-13-7-3-5-11(9-13)10-4-2-6-12(8-10)14(15)16/h2-9H,1H3. The van der Waals surface area contributed by atoms with E-state index in [9.17, 15) is 4.79 Å². The molecule has 0 aliphatic rings. The minimum absolute atomic E-state index is 0.449. The van der Waals surface area contributed by atoms with Crippen LogP contribution in [-0.4, -0.2) is 12.4 Å². The molecule has 0 fully saturated rings. The Balaban J connectivity index is 2.45. The van der Waals surface area contributed by atoms with Gasteiger partial charge in [-0.2, -0.15) is 0 Å². The molecule has 0 saturated carbocycles. The number of hydrogen-bond acceptors (Lipinski definition) is 2. The van der Waals surface area contributed by atoms with E-state index in [4.69, 9.17) is 16.3 Å². The highest BCUT2D eigenvalue weighted by atomic mass is 35.5. The lowest BCUT2D eigenvalue weighted by molar-refractivity contribution is 0.108. The summed E-state index contributed by atoms with van der Waals surface area (Å²) in [6, 6.07) is 14.9. The Morgan fingerprint density at radius 1 is 1.06 bits per heavy atom. The molecule has 0 aliphatic heterocycles. The summed E-state index contributed by atoms with van der Waals surface area (Å²) in [5.41, 5.74) is 2.42. The number of benzene rings is 2. The van der Waals surface area contributed by atoms with Crippen LogP contribution in [0.25, 0.3) is 11.1 Å². The molecule has 3 heteroatoms. The molecule has 2 aromatic rings. The lowest BCUT2D eigenvalue weighted by Gasteiger charge is -2.05. The first-order valence-electron chi connectivity index (χ1n) is 5.15. The molecule has 0 saturated heterocycles. The Morgan fingerprint density at radius 3 is 2.35 bits per heavy atom. The molecule has 17 heavy (non-hydrogen) atoms. The van der Waals surface area contributed by atoms with Crippen molar-refractivity contribution in [2.45, 2.75) is 0 Å². The lowest BCUT2D eigenvalue weighted by atomic mass is 10.0. The predicted octanol–water partition coefficient (Wildman–Crippen LogP) is 3.74. The van der Waals surface area contributed by atoms with Crippen molar-refractivity contribution >= 4 is 16.8 Å². The van der Waals surface area contributed by atoms with Gasteiger partial charge < -0.3 is 4.74 Å². The zero-order valence-corrected chi connectivity index (χ0v) is 10.1. The molecule has 0 aromatic heterocycles. The maximum absolute atomic E-state index is 11.1. The Kier molecular flexibility index (Phi) is 3.45.